The molecule has 0 aliphatic carbocycles. The number of hydrogen-bond donors (Lipinski definition) is 1. The summed E-state index contributed by atoms with van der Waals surface area (Å²) in [6.07, 6.45) is 0.464. The molecule has 2 rings (SSSR count). The molecule has 0 saturated carbocycles. The summed E-state index contributed by atoms with van der Waals surface area (Å²) in [5, 5.41) is 0. The van der Waals surface area contributed by atoms with E-state index in [1.807, 2.05) is 31.2 Å². The second kappa shape index (κ2) is 6.86. The van der Waals surface area contributed by atoms with Crippen LogP contribution in [0.4, 0.5) is 4.39 Å². The van der Waals surface area contributed by atoms with E-state index in [-0.39, 0.29) is 18.0 Å². The van der Waals surface area contributed by atoms with Crippen LogP contribution in [0.5, 0.6) is 5.75 Å². The van der Waals surface area contributed by atoms with E-state index in [2.05, 4.69) is 15.9 Å². The highest BCUT2D eigenvalue weighted by atomic mass is 79.9. The molecule has 4 heteroatoms. The van der Waals surface area contributed by atoms with Gasteiger partial charge in [0.1, 0.15) is 17.7 Å². The molecule has 0 saturated heterocycles. The maximum Gasteiger partial charge on any atom is 0.139 e. The Balaban J connectivity index is 2.29. The van der Waals surface area contributed by atoms with Crippen LogP contribution in [-0.4, -0.2) is 6.04 Å². The zero-order valence-electron chi connectivity index (χ0n) is 11.2. The van der Waals surface area contributed by atoms with Gasteiger partial charge in [-0.3, -0.25) is 0 Å². The zero-order valence-corrected chi connectivity index (χ0v) is 12.8. The first-order valence-corrected chi connectivity index (χ1v) is 7.33. The van der Waals surface area contributed by atoms with Crippen molar-refractivity contribution in [3.63, 3.8) is 0 Å². The molecule has 0 fully saturated rings. The predicted molar refractivity (Wildman–Crippen MR) is 82.2 cm³/mol. The largest absolute Gasteiger partial charge is 0.483 e. The van der Waals surface area contributed by atoms with Crippen LogP contribution in [0.3, 0.4) is 0 Å². The van der Waals surface area contributed by atoms with E-state index >= 15 is 0 Å². The van der Waals surface area contributed by atoms with Crippen molar-refractivity contribution in [1.29, 1.82) is 0 Å². The van der Waals surface area contributed by atoms with Gasteiger partial charge in [0.2, 0.25) is 0 Å². The van der Waals surface area contributed by atoms with E-state index < -0.39 is 0 Å². The molecule has 106 valence electrons. The number of benzene rings is 2. The van der Waals surface area contributed by atoms with Crippen LogP contribution < -0.4 is 10.5 Å². The fourth-order valence-electron chi connectivity index (χ4n) is 1.95. The smallest absolute Gasteiger partial charge is 0.139 e. The fraction of sp³-hybridized carbons (Fsp3) is 0.250. The number of halogens is 2. The average molecular weight is 338 g/mol. The Morgan fingerprint density at radius 2 is 1.80 bits per heavy atom. The van der Waals surface area contributed by atoms with Gasteiger partial charge in [0.25, 0.3) is 0 Å². The van der Waals surface area contributed by atoms with Gasteiger partial charge in [-0.25, -0.2) is 4.39 Å². The highest BCUT2D eigenvalue weighted by Gasteiger charge is 2.21. The van der Waals surface area contributed by atoms with Gasteiger partial charge in [-0.15, -0.1) is 0 Å². The molecule has 2 atom stereocenters. The summed E-state index contributed by atoms with van der Waals surface area (Å²) in [7, 11) is 0. The van der Waals surface area contributed by atoms with Crippen LogP contribution >= 0.6 is 15.9 Å². The summed E-state index contributed by atoms with van der Waals surface area (Å²) in [4.78, 5) is 0. The van der Waals surface area contributed by atoms with E-state index in [0.717, 1.165) is 22.2 Å². The summed E-state index contributed by atoms with van der Waals surface area (Å²) in [6, 6.07) is 13.7. The molecule has 0 aliphatic heterocycles. The van der Waals surface area contributed by atoms with Crippen molar-refractivity contribution in [2.24, 2.45) is 5.73 Å². The minimum absolute atomic E-state index is 0.160. The Morgan fingerprint density at radius 3 is 2.40 bits per heavy atom. The van der Waals surface area contributed by atoms with Crippen molar-refractivity contribution in [2.75, 3.05) is 0 Å². The van der Waals surface area contributed by atoms with Gasteiger partial charge in [-0.1, -0.05) is 31.2 Å². The van der Waals surface area contributed by atoms with E-state index in [9.17, 15) is 4.39 Å². The molecule has 0 amide bonds. The van der Waals surface area contributed by atoms with Crippen molar-refractivity contribution in [2.45, 2.75) is 25.5 Å². The van der Waals surface area contributed by atoms with E-state index in [1.165, 1.54) is 12.1 Å². The summed E-state index contributed by atoms with van der Waals surface area (Å²) in [5.41, 5.74) is 7.02. The quantitative estimate of drug-likeness (QED) is 0.874. The first-order chi connectivity index (χ1) is 9.61. The third kappa shape index (κ3) is 3.58. The molecule has 2 nitrogen and oxygen atoms in total. The lowest BCUT2D eigenvalue weighted by Crippen LogP contribution is -2.31. The molecule has 2 aromatic rings. The second-order valence-corrected chi connectivity index (χ2v) is 5.45. The van der Waals surface area contributed by atoms with Gasteiger partial charge < -0.3 is 10.5 Å². The number of hydrogen-bond acceptors (Lipinski definition) is 2. The molecule has 0 bridgehead atoms. The Hall–Kier alpha value is -1.39. The van der Waals surface area contributed by atoms with Gasteiger partial charge >= 0.3 is 0 Å². The second-order valence-electron chi connectivity index (χ2n) is 4.59. The van der Waals surface area contributed by atoms with Crippen LogP contribution in [0, 0.1) is 5.82 Å². The fourth-order valence-corrected chi connectivity index (χ4v) is 2.32. The third-order valence-corrected chi connectivity index (χ3v) is 3.80. The van der Waals surface area contributed by atoms with Crippen molar-refractivity contribution in [3.8, 4) is 5.75 Å². The molecule has 20 heavy (non-hydrogen) atoms. The predicted octanol–water partition coefficient (Wildman–Crippen LogP) is 4.45. The molecule has 2 N–H and O–H groups in total. The molecule has 0 radical (unpaired) electrons. The minimum Gasteiger partial charge on any atom is -0.483 e. The maximum atomic E-state index is 13.0. The van der Waals surface area contributed by atoms with Crippen molar-refractivity contribution in [3.05, 3.63) is 64.4 Å². The highest BCUT2D eigenvalue weighted by Crippen LogP contribution is 2.31. The molecule has 2 unspecified atom stereocenters. The Labute approximate surface area is 126 Å². The molecule has 2 aromatic carbocycles. The standard InChI is InChI=1S/C16H17BrFNO/c1-2-14(19)16(11-7-9-12(18)10-8-11)20-15-6-4-3-5-13(15)17/h3-10,14,16H,2,19H2,1H3. The first-order valence-electron chi connectivity index (χ1n) is 6.54. The molecular formula is C16H17BrFNO. The molecule has 0 spiro atoms. The summed E-state index contributed by atoms with van der Waals surface area (Å²) in [6.45, 7) is 2.00. The summed E-state index contributed by atoms with van der Waals surface area (Å²) < 4.78 is 19.9. The minimum atomic E-state index is -0.306. The van der Waals surface area contributed by atoms with E-state index in [0.29, 0.717) is 0 Å². The zero-order chi connectivity index (χ0) is 14.5. The Bertz CT molecular complexity index is 559. The molecule has 0 aromatic heterocycles. The molecule has 0 aliphatic rings. The van der Waals surface area contributed by atoms with Crippen LogP contribution in [0.1, 0.15) is 25.0 Å². The van der Waals surface area contributed by atoms with Gasteiger partial charge in [0.15, 0.2) is 0 Å². The van der Waals surface area contributed by atoms with Crippen molar-refractivity contribution in [1.82, 2.24) is 0 Å². The number of ether oxygens (including phenoxy) is 1. The highest BCUT2D eigenvalue weighted by molar-refractivity contribution is 9.10. The lowest BCUT2D eigenvalue weighted by Gasteiger charge is -2.25. The van der Waals surface area contributed by atoms with E-state index in [4.69, 9.17) is 10.5 Å². The Kier molecular flexibility index (Phi) is 5.15. The molecular weight excluding hydrogens is 321 g/mol. The lowest BCUT2D eigenvalue weighted by molar-refractivity contribution is 0.170. The van der Waals surface area contributed by atoms with Crippen molar-refractivity contribution >= 4 is 15.9 Å². The van der Waals surface area contributed by atoms with Crippen LogP contribution in [0.25, 0.3) is 0 Å². The first kappa shape index (κ1) is 15.0. The van der Waals surface area contributed by atoms with Gasteiger partial charge in [-0.05, 0) is 52.2 Å². The van der Waals surface area contributed by atoms with Gasteiger partial charge in [0, 0.05) is 6.04 Å². The summed E-state index contributed by atoms with van der Waals surface area (Å²) in [5.74, 6) is 0.462. The van der Waals surface area contributed by atoms with Crippen LogP contribution in [-0.2, 0) is 0 Å². The summed E-state index contributed by atoms with van der Waals surface area (Å²) >= 11 is 3.45. The number of nitrogens with two attached hydrogens (primary N) is 1. The van der Waals surface area contributed by atoms with Crippen LogP contribution in [0.2, 0.25) is 0 Å². The topological polar surface area (TPSA) is 35.2 Å². The average Bonchev–Trinajstić information content (AvgIpc) is 2.47. The third-order valence-electron chi connectivity index (χ3n) is 3.15. The monoisotopic (exact) mass is 337 g/mol. The lowest BCUT2D eigenvalue weighted by atomic mass is 10.0. The van der Waals surface area contributed by atoms with E-state index in [1.54, 1.807) is 12.1 Å². The van der Waals surface area contributed by atoms with Crippen LogP contribution in [0.15, 0.2) is 53.0 Å². The number of rotatable bonds is 5. The van der Waals surface area contributed by atoms with Crippen molar-refractivity contribution < 1.29 is 9.13 Å². The normalized spacial score (nSPS) is 13.8. The maximum absolute atomic E-state index is 13.0. The SMILES string of the molecule is CCC(N)C(Oc1ccccc1Br)c1ccc(F)cc1. The van der Waals surface area contributed by atoms with Gasteiger partial charge in [0.05, 0.1) is 4.47 Å². The van der Waals surface area contributed by atoms with Gasteiger partial charge in [-0.2, -0.15) is 0 Å². The Morgan fingerprint density at radius 1 is 1.15 bits per heavy atom. The molecule has 0 heterocycles. The number of para-hydroxylation sites is 1.